The fourth-order valence-corrected chi connectivity index (χ4v) is 2.55. The maximum Gasteiger partial charge on any atom is 0.261 e. The molecule has 0 saturated carbocycles. The van der Waals surface area contributed by atoms with Crippen LogP contribution in [-0.2, 0) is 11.2 Å². The summed E-state index contributed by atoms with van der Waals surface area (Å²) in [5, 5.41) is 22.0. The van der Waals surface area contributed by atoms with Crippen LogP contribution in [-0.4, -0.2) is 31.8 Å². The topological polar surface area (TPSA) is 91.6 Å². The van der Waals surface area contributed by atoms with E-state index in [-0.39, 0.29) is 22.8 Å². The minimum absolute atomic E-state index is 0.0375. The number of aromatic hydroxyl groups is 1. The molecule has 0 fully saturated rings. The molecule has 2 N–H and O–H groups in total. The normalized spacial score (nSPS) is 10.8. The number of rotatable bonds is 8. The standard InChI is InChI=1S/C21H22N2O4/c1-26-18-12-16(13-19(27-2)20(18)24)11-17(14-22)21(25)23-10-6-9-15-7-4-3-5-8-15/h3-5,7-8,11-13,24H,6,9-10H2,1-2H3,(H,23,25)/b17-11-. The highest BCUT2D eigenvalue weighted by atomic mass is 16.5. The summed E-state index contributed by atoms with van der Waals surface area (Å²) in [6.45, 7) is 0.467. The van der Waals surface area contributed by atoms with Gasteiger partial charge in [-0.1, -0.05) is 30.3 Å². The van der Waals surface area contributed by atoms with Crippen LogP contribution in [0.4, 0.5) is 0 Å². The Labute approximate surface area is 158 Å². The van der Waals surface area contributed by atoms with Gasteiger partial charge < -0.3 is 19.9 Å². The fraction of sp³-hybridized carbons (Fsp3) is 0.238. The number of hydrogen-bond donors (Lipinski definition) is 2. The van der Waals surface area contributed by atoms with Crippen molar-refractivity contribution in [3.8, 4) is 23.3 Å². The zero-order chi connectivity index (χ0) is 19.6. The van der Waals surface area contributed by atoms with Gasteiger partial charge >= 0.3 is 0 Å². The Morgan fingerprint density at radius 2 is 1.81 bits per heavy atom. The zero-order valence-corrected chi connectivity index (χ0v) is 15.4. The third-order valence-corrected chi connectivity index (χ3v) is 3.95. The van der Waals surface area contributed by atoms with Crippen LogP contribution >= 0.6 is 0 Å². The van der Waals surface area contributed by atoms with Crippen LogP contribution in [0.1, 0.15) is 17.5 Å². The number of aryl methyl sites for hydroxylation is 1. The van der Waals surface area contributed by atoms with Gasteiger partial charge in [0.05, 0.1) is 14.2 Å². The summed E-state index contributed by atoms with van der Waals surface area (Å²) in [5.41, 5.74) is 1.67. The summed E-state index contributed by atoms with van der Waals surface area (Å²) in [6, 6.07) is 14.9. The van der Waals surface area contributed by atoms with E-state index in [1.165, 1.54) is 38.0 Å². The minimum atomic E-state index is -0.448. The third-order valence-electron chi connectivity index (χ3n) is 3.95. The molecule has 27 heavy (non-hydrogen) atoms. The molecule has 6 heteroatoms. The molecule has 0 aromatic heterocycles. The third kappa shape index (κ3) is 5.51. The van der Waals surface area contributed by atoms with Crippen LogP contribution in [0.3, 0.4) is 0 Å². The van der Waals surface area contributed by atoms with Crippen LogP contribution in [0.25, 0.3) is 6.08 Å². The van der Waals surface area contributed by atoms with Crippen molar-refractivity contribution < 1.29 is 19.4 Å². The maximum absolute atomic E-state index is 12.3. The van der Waals surface area contributed by atoms with E-state index in [2.05, 4.69) is 5.32 Å². The lowest BCUT2D eigenvalue weighted by Gasteiger charge is -2.10. The number of ether oxygens (including phenoxy) is 2. The highest BCUT2D eigenvalue weighted by molar-refractivity contribution is 6.01. The summed E-state index contributed by atoms with van der Waals surface area (Å²) in [5.74, 6) is -0.195. The smallest absolute Gasteiger partial charge is 0.261 e. The largest absolute Gasteiger partial charge is 0.502 e. The average molecular weight is 366 g/mol. The Morgan fingerprint density at radius 3 is 2.37 bits per heavy atom. The first-order chi connectivity index (χ1) is 13.1. The van der Waals surface area contributed by atoms with E-state index in [9.17, 15) is 15.2 Å². The molecular weight excluding hydrogens is 344 g/mol. The molecule has 0 saturated heterocycles. The maximum atomic E-state index is 12.3. The number of hydrogen-bond acceptors (Lipinski definition) is 5. The highest BCUT2D eigenvalue weighted by Gasteiger charge is 2.13. The second-order valence-corrected chi connectivity index (χ2v) is 5.79. The van der Waals surface area contributed by atoms with Crippen molar-refractivity contribution in [3.05, 3.63) is 59.2 Å². The Hall–Kier alpha value is -3.46. The molecule has 0 bridgehead atoms. The molecule has 0 atom stereocenters. The molecule has 2 aromatic carbocycles. The van der Waals surface area contributed by atoms with Gasteiger partial charge in [-0.25, -0.2) is 0 Å². The number of carbonyl (C=O) groups is 1. The van der Waals surface area contributed by atoms with Crippen molar-refractivity contribution in [1.82, 2.24) is 5.32 Å². The summed E-state index contributed by atoms with van der Waals surface area (Å²) < 4.78 is 10.2. The quantitative estimate of drug-likeness (QED) is 0.426. The van der Waals surface area contributed by atoms with Crippen molar-refractivity contribution in [2.45, 2.75) is 12.8 Å². The van der Waals surface area contributed by atoms with Gasteiger partial charge in [0, 0.05) is 6.54 Å². The Balaban J connectivity index is 2.02. The van der Waals surface area contributed by atoms with Gasteiger partial charge in [-0.05, 0) is 42.2 Å². The molecule has 2 rings (SSSR count). The van der Waals surface area contributed by atoms with Gasteiger partial charge in [-0.3, -0.25) is 4.79 Å². The van der Waals surface area contributed by atoms with Crippen LogP contribution in [0.5, 0.6) is 17.2 Å². The molecule has 0 heterocycles. The summed E-state index contributed by atoms with van der Waals surface area (Å²) >= 11 is 0. The van der Waals surface area contributed by atoms with Crippen molar-refractivity contribution in [2.24, 2.45) is 0 Å². The molecular formula is C21H22N2O4. The highest BCUT2D eigenvalue weighted by Crippen LogP contribution is 2.37. The van der Waals surface area contributed by atoms with E-state index in [1.807, 2.05) is 36.4 Å². The molecule has 0 aliphatic heterocycles. The lowest BCUT2D eigenvalue weighted by atomic mass is 10.1. The van der Waals surface area contributed by atoms with Crippen LogP contribution in [0, 0.1) is 11.3 Å². The number of nitrogens with one attached hydrogen (secondary N) is 1. The van der Waals surface area contributed by atoms with Gasteiger partial charge in [0.25, 0.3) is 5.91 Å². The van der Waals surface area contributed by atoms with Gasteiger partial charge in [0.1, 0.15) is 11.6 Å². The first-order valence-electron chi connectivity index (χ1n) is 8.48. The molecule has 0 aliphatic rings. The number of benzene rings is 2. The first kappa shape index (κ1) is 19.9. The number of phenols is 1. The molecule has 0 radical (unpaired) electrons. The van der Waals surface area contributed by atoms with E-state index >= 15 is 0 Å². The predicted octanol–water partition coefficient (Wildman–Crippen LogP) is 3.07. The molecule has 140 valence electrons. The Morgan fingerprint density at radius 1 is 1.19 bits per heavy atom. The number of methoxy groups -OCH3 is 2. The lowest BCUT2D eigenvalue weighted by molar-refractivity contribution is -0.117. The predicted molar refractivity (Wildman–Crippen MR) is 103 cm³/mol. The number of nitriles is 1. The van der Waals surface area contributed by atoms with Crippen molar-refractivity contribution >= 4 is 12.0 Å². The minimum Gasteiger partial charge on any atom is -0.502 e. The van der Waals surface area contributed by atoms with E-state index in [0.29, 0.717) is 12.1 Å². The fourth-order valence-electron chi connectivity index (χ4n) is 2.55. The number of phenolic OH excluding ortho intramolecular Hbond substituents is 1. The van der Waals surface area contributed by atoms with Gasteiger partial charge in [-0.2, -0.15) is 5.26 Å². The van der Waals surface area contributed by atoms with Crippen molar-refractivity contribution in [1.29, 1.82) is 5.26 Å². The average Bonchev–Trinajstić information content (AvgIpc) is 2.70. The molecule has 1 amide bonds. The van der Waals surface area contributed by atoms with Crippen LogP contribution < -0.4 is 14.8 Å². The lowest BCUT2D eigenvalue weighted by Crippen LogP contribution is -2.25. The molecule has 0 spiro atoms. The van der Waals surface area contributed by atoms with E-state index in [1.54, 1.807) is 0 Å². The van der Waals surface area contributed by atoms with E-state index in [0.717, 1.165) is 12.8 Å². The van der Waals surface area contributed by atoms with Gasteiger partial charge in [-0.15, -0.1) is 0 Å². The summed E-state index contributed by atoms with van der Waals surface area (Å²) in [6.07, 6.45) is 3.05. The van der Waals surface area contributed by atoms with E-state index < -0.39 is 5.91 Å². The number of carbonyl (C=O) groups excluding carboxylic acids is 1. The Kier molecular flexibility index (Phi) is 7.26. The monoisotopic (exact) mass is 366 g/mol. The van der Waals surface area contributed by atoms with E-state index in [4.69, 9.17) is 9.47 Å². The molecule has 0 aliphatic carbocycles. The second kappa shape index (κ2) is 9.88. The number of nitrogens with zero attached hydrogens (tertiary/aromatic N) is 1. The molecule has 6 nitrogen and oxygen atoms in total. The van der Waals surface area contributed by atoms with Crippen molar-refractivity contribution in [3.63, 3.8) is 0 Å². The zero-order valence-electron chi connectivity index (χ0n) is 15.4. The van der Waals surface area contributed by atoms with Gasteiger partial charge in [0.2, 0.25) is 5.75 Å². The van der Waals surface area contributed by atoms with Crippen LogP contribution in [0.15, 0.2) is 48.0 Å². The van der Waals surface area contributed by atoms with Crippen molar-refractivity contribution in [2.75, 3.05) is 20.8 Å². The first-order valence-corrected chi connectivity index (χ1v) is 8.48. The SMILES string of the molecule is COc1cc(/C=C(/C#N)C(=O)NCCCc2ccccc2)cc(OC)c1O. The second-order valence-electron chi connectivity index (χ2n) is 5.79. The summed E-state index contributed by atoms with van der Waals surface area (Å²) in [7, 11) is 2.82. The molecule has 0 unspecified atom stereocenters. The number of amides is 1. The summed E-state index contributed by atoms with van der Waals surface area (Å²) in [4.78, 5) is 12.3. The van der Waals surface area contributed by atoms with Gasteiger partial charge in [0.15, 0.2) is 11.5 Å². The van der Waals surface area contributed by atoms with Crippen LogP contribution in [0.2, 0.25) is 0 Å². The Bertz CT molecular complexity index is 829. The molecule has 2 aromatic rings.